The van der Waals surface area contributed by atoms with Crippen LogP contribution in [0.1, 0.15) is 17.0 Å². The van der Waals surface area contributed by atoms with Gasteiger partial charge in [0.25, 0.3) is 0 Å². The molecule has 0 bridgehead atoms. The van der Waals surface area contributed by atoms with Gasteiger partial charge in [0.2, 0.25) is 0 Å². The lowest BCUT2D eigenvalue weighted by Gasteiger charge is -2.15. The number of ether oxygens (including phenoxy) is 2. The molecular weight excluding hydrogens is 252 g/mol. The van der Waals surface area contributed by atoms with E-state index >= 15 is 0 Å². The van der Waals surface area contributed by atoms with Crippen LogP contribution < -0.4 is 4.74 Å². The summed E-state index contributed by atoms with van der Waals surface area (Å²) in [7, 11) is 3.06. The van der Waals surface area contributed by atoms with Crippen molar-refractivity contribution in [3.63, 3.8) is 0 Å². The van der Waals surface area contributed by atoms with E-state index in [4.69, 9.17) is 9.47 Å². The zero-order valence-corrected chi connectivity index (χ0v) is 11.7. The minimum atomic E-state index is -0.283. The van der Waals surface area contributed by atoms with Crippen LogP contribution in [-0.2, 0) is 16.0 Å². The van der Waals surface area contributed by atoms with Crippen molar-refractivity contribution in [2.45, 2.75) is 12.3 Å². The number of hydrogen-bond acceptors (Lipinski definition) is 3. The molecule has 0 aliphatic carbocycles. The Bertz CT molecular complexity index is 546. The van der Waals surface area contributed by atoms with Crippen molar-refractivity contribution >= 4 is 5.97 Å². The summed E-state index contributed by atoms with van der Waals surface area (Å²) in [6.45, 7) is 0. The van der Waals surface area contributed by atoms with Gasteiger partial charge >= 0.3 is 5.97 Å². The molecule has 3 heteroatoms. The lowest BCUT2D eigenvalue weighted by Crippen LogP contribution is -2.16. The first-order valence-corrected chi connectivity index (χ1v) is 6.50. The van der Waals surface area contributed by atoms with Crippen LogP contribution in [0.25, 0.3) is 0 Å². The van der Waals surface area contributed by atoms with Gasteiger partial charge in [0.15, 0.2) is 0 Å². The van der Waals surface area contributed by atoms with E-state index in [9.17, 15) is 4.79 Å². The van der Waals surface area contributed by atoms with E-state index in [0.29, 0.717) is 6.42 Å². The van der Waals surface area contributed by atoms with Gasteiger partial charge in [-0.25, -0.2) is 0 Å². The molecule has 0 spiro atoms. The highest BCUT2D eigenvalue weighted by molar-refractivity contribution is 5.78. The highest BCUT2D eigenvalue weighted by Gasteiger charge is 2.21. The number of rotatable bonds is 5. The molecule has 0 unspecified atom stereocenters. The van der Waals surface area contributed by atoms with Gasteiger partial charge in [0.05, 0.1) is 20.1 Å². The Labute approximate surface area is 119 Å². The standard InChI is InChI=1S/C17H18O3/c1-19-15-10-8-13(9-11-15)12-16(17(18)20-2)14-6-4-3-5-7-14/h3-11,16H,12H2,1-2H3/t16-/m0/s1. The van der Waals surface area contributed by atoms with Crippen molar-refractivity contribution < 1.29 is 14.3 Å². The first-order valence-electron chi connectivity index (χ1n) is 6.50. The van der Waals surface area contributed by atoms with Gasteiger partial charge in [0.1, 0.15) is 5.75 Å². The average molecular weight is 270 g/mol. The first kappa shape index (κ1) is 14.1. The van der Waals surface area contributed by atoms with Gasteiger partial charge < -0.3 is 9.47 Å². The molecule has 0 aliphatic heterocycles. The maximum absolute atomic E-state index is 12.0. The van der Waals surface area contributed by atoms with Crippen LogP contribution >= 0.6 is 0 Å². The van der Waals surface area contributed by atoms with Crippen LogP contribution in [0.5, 0.6) is 5.75 Å². The molecule has 0 saturated carbocycles. The molecule has 104 valence electrons. The molecule has 0 aromatic heterocycles. The van der Waals surface area contributed by atoms with Gasteiger partial charge in [-0.3, -0.25) is 4.79 Å². The molecule has 3 nitrogen and oxygen atoms in total. The summed E-state index contributed by atoms with van der Waals surface area (Å²) in [6.07, 6.45) is 0.612. The lowest BCUT2D eigenvalue weighted by atomic mass is 9.92. The largest absolute Gasteiger partial charge is 0.497 e. The molecule has 0 N–H and O–H groups in total. The van der Waals surface area contributed by atoms with Crippen LogP contribution in [0.3, 0.4) is 0 Å². The topological polar surface area (TPSA) is 35.5 Å². The minimum absolute atomic E-state index is 0.216. The zero-order valence-electron chi connectivity index (χ0n) is 11.7. The second-order valence-corrected chi connectivity index (χ2v) is 4.54. The molecule has 2 rings (SSSR count). The second kappa shape index (κ2) is 6.75. The van der Waals surface area contributed by atoms with E-state index in [1.807, 2.05) is 54.6 Å². The Hall–Kier alpha value is -2.29. The molecule has 20 heavy (non-hydrogen) atoms. The molecule has 0 heterocycles. The Morgan fingerprint density at radius 2 is 1.65 bits per heavy atom. The highest BCUT2D eigenvalue weighted by Crippen LogP contribution is 2.23. The third-order valence-electron chi connectivity index (χ3n) is 3.29. The Morgan fingerprint density at radius 3 is 2.20 bits per heavy atom. The Balaban J connectivity index is 2.21. The smallest absolute Gasteiger partial charge is 0.313 e. The number of esters is 1. The third-order valence-corrected chi connectivity index (χ3v) is 3.29. The van der Waals surface area contributed by atoms with E-state index in [1.165, 1.54) is 7.11 Å². The summed E-state index contributed by atoms with van der Waals surface area (Å²) in [5.41, 5.74) is 2.04. The van der Waals surface area contributed by atoms with E-state index in [0.717, 1.165) is 16.9 Å². The van der Waals surface area contributed by atoms with Crippen LogP contribution in [0.2, 0.25) is 0 Å². The van der Waals surface area contributed by atoms with Crippen LogP contribution in [0, 0.1) is 0 Å². The van der Waals surface area contributed by atoms with Gasteiger partial charge in [-0.05, 0) is 29.7 Å². The maximum Gasteiger partial charge on any atom is 0.313 e. The summed E-state index contributed by atoms with van der Waals surface area (Å²) >= 11 is 0. The lowest BCUT2D eigenvalue weighted by molar-refractivity contribution is -0.142. The van der Waals surface area contributed by atoms with Crippen LogP contribution in [-0.4, -0.2) is 20.2 Å². The molecule has 0 fully saturated rings. The fraction of sp³-hybridized carbons (Fsp3) is 0.235. The minimum Gasteiger partial charge on any atom is -0.497 e. The quantitative estimate of drug-likeness (QED) is 0.783. The fourth-order valence-electron chi connectivity index (χ4n) is 2.16. The van der Waals surface area contributed by atoms with E-state index in [-0.39, 0.29) is 11.9 Å². The van der Waals surface area contributed by atoms with Gasteiger partial charge in [-0.2, -0.15) is 0 Å². The third kappa shape index (κ3) is 3.38. The molecular formula is C17H18O3. The van der Waals surface area contributed by atoms with Crippen molar-refractivity contribution in [3.05, 3.63) is 65.7 Å². The summed E-state index contributed by atoms with van der Waals surface area (Å²) in [5.74, 6) is 0.310. The summed E-state index contributed by atoms with van der Waals surface area (Å²) < 4.78 is 10.1. The maximum atomic E-state index is 12.0. The summed E-state index contributed by atoms with van der Waals surface area (Å²) in [6, 6.07) is 17.4. The number of benzene rings is 2. The van der Waals surface area contributed by atoms with E-state index in [1.54, 1.807) is 7.11 Å². The molecule has 2 aromatic rings. The van der Waals surface area contributed by atoms with Gasteiger partial charge in [0, 0.05) is 0 Å². The van der Waals surface area contributed by atoms with Gasteiger partial charge in [-0.1, -0.05) is 42.5 Å². The summed E-state index contributed by atoms with van der Waals surface area (Å²) in [5, 5.41) is 0. The Kier molecular flexibility index (Phi) is 4.77. The van der Waals surface area contributed by atoms with Crippen molar-refractivity contribution in [2.75, 3.05) is 14.2 Å². The molecule has 2 aromatic carbocycles. The number of carbonyl (C=O) groups excluding carboxylic acids is 1. The van der Waals surface area contributed by atoms with Crippen molar-refractivity contribution in [3.8, 4) is 5.75 Å². The highest BCUT2D eigenvalue weighted by atomic mass is 16.5. The zero-order chi connectivity index (χ0) is 14.4. The molecule has 0 aliphatic rings. The number of carbonyl (C=O) groups is 1. The predicted octanol–water partition coefficient (Wildman–Crippen LogP) is 3.19. The Morgan fingerprint density at radius 1 is 1.00 bits per heavy atom. The van der Waals surface area contributed by atoms with Crippen molar-refractivity contribution in [1.82, 2.24) is 0 Å². The molecule has 0 radical (unpaired) electrons. The van der Waals surface area contributed by atoms with E-state index in [2.05, 4.69) is 0 Å². The van der Waals surface area contributed by atoms with Crippen LogP contribution in [0.4, 0.5) is 0 Å². The first-order chi connectivity index (χ1) is 9.74. The monoisotopic (exact) mass is 270 g/mol. The van der Waals surface area contributed by atoms with Gasteiger partial charge in [-0.15, -0.1) is 0 Å². The number of methoxy groups -OCH3 is 2. The normalized spacial score (nSPS) is 11.7. The van der Waals surface area contributed by atoms with Crippen LogP contribution in [0.15, 0.2) is 54.6 Å². The van der Waals surface area contributed by atoms with E-state index < -0.39 is 0 Å². The fourth-order valence-corrected chi connectivity index (χ4v) is 2.16. The molecule has 1 atom stereocenters. The van der Waals surface area contributed by atoms with Crippen molar-refractivity contribution in [2.24, 2.45) is 0 Å². The predicted molar refractivity (Wildman–Crippen MR) is 77.9 cm³/mol. The molecule has 0 amide bonds. The molecule has 0 saturated heterocycles. The summed E-state index contributed by atoms with van der Waals surface area (Å²) in [4.78, 5) is 12.0. The number of hydrogen-bond donors (Lipinski definition) is 0. The van der Waals surface area contributed by atoms with Crippen molar-refractivity contribution in [1.29, 1.82) is 0 Å². The second-order valence-electron chi connectivity index (χ2n) is 4.54. The average Bonchev–Trinajstić information content (AvgIpc) is 2.53. The SMILES string of the molecule is COC(=O)[C@@H](Cc1ccc(OC)cc1)c1ccccc1.